The first-order valence-corrected chi connectivity index (χ1v) is 11.5. The molecule has 0 aliphatic carbocycles. The van der Waals surface area contributed by atoms with Crippen molar-refractivity contribution < 1.29 is 41.0 Å². The van der Waals surface area contributed by atoms with E-state index in [0.29, 0.717) is 0 Å². The number of hydrogen-bond acceptors (Lipinski definition) is 9. The van der Waals surface area contributed by atoms with Crippen LogP contribution in [0.5, 0.6) is 0 Å². The third kappa shape index (κ3) is 5.63. The zero-order chi connectivity index (χ0) is 23.0. The molecule has 1 aromatic carbocycles. The van der Waals surface area contributed by atoms with Gasteiger partial charge >= 0.3 is 0 Å². The molecule has 0 unspecified atom stereocenters. The highest BCUT2D eigenvalue weighted by Crippen LogP contribution is 2.38. The predicted octanol–water partition coefficient (Wildman–Crippen LogP) is 2.36. The standard InChI is InChI=1S/C21H32O9S/c1-13-8-10-14(11-9-13)31(22,23)30-16(15-12-26-20(2,3)27-15)17-18(19(24-6)25-7)29-21(4,5)28-17/h8-11,15-19H,12H2,1-7H3/t15-,16+,17-,18-/m1/s1. The van der Waals surface area contributed by atoms with E-state index in [1.54, 1.807) is 39.8 Å². The molecule has 4 atom stereocenters. The van der Waals surface area contributed by atoms with Gasteiger partial charge in [0.1, 0.15) is 24.4 Å². The summed E-state index contributed by atoms with van der Waals surface area (Å²) in [5, 5.41) is 0. The summed E-state index contributed by atoms with van der Waals surface area (Å²) in [5.74, 6) is -1.92. The van der Waals surface area contributed by atoms with Crippen molar-refractivity contribution in [1.29, 1.82) is 0 Å². The molecule has 0 bridgehead atoms. The van der Waals surface area contributed by atoms with Crippen LogP contribution in [0.2, 0.25) is 0 Å². The van der Waals surface area contributed by atoms with E-state index in [1.165, 1.54) is 26.4 Å². The highest BCUT2D eigenvalue weighted by Gasteiger charge is 2.55. The molecule has 0 saturated carbocycles. The molecule has 0 radical (unpaired) electrons. The number of aryl methyl sites for hydroxylation is 1. The van der Waals surface area contributed by atoms with Crippen molar-refractivity contribution in [2.24, 2.45) is 0 Å². The summed E-state index contributed by atoms with van der Waals surface area (Å²) < 4.78 is 66.5. The molecule has 0 spiro atoms. The molecule has 2 heterocycles. The molecule has 9 nitrogen and oxygen atoms in total. The highest BCUT2D eigenvalue weighted by atomic mass is 32.2. The summed E-state index contributed by atoms with van der Waals surface area (Å²) >= 11 is 0. The van der Waals surface area contributed by atoms with Crippen molar-refractivity contribution in [3.8, 4) is 0 Å². The first-order chi connectivity index (χ1) is 14.4. The fraction of sp³-hybridized carbons (Fsp3) is 0.714. The third-order valence-electron chi connectivity index (χ3n) is 5.16. The van der Waals surface area contributed by atoms with Gasteiger partial charge in [0.15, 0.2) is 17.9 Å². The van der Waals surface area contributed by atoms with Crippen LogP contribution in [0.1, 0.15) is 33.3 Å². The van der Waals surface area contributed by atoms with E-state index in [1.807, 2.05) is 6.92 Å². The first kappa shape index (κ1) is 24.5. The van der Waals surface area contributed by atoms with Gasteiger partial charge < -0.3 is 28.4 Å². The van der Waals surface area contributed by atoms with E-state index in [0.717, 1.165) is 5.56 Å². The molecule has 2 fully saturated rings. The third-order valence-corrected chi connectivity index (χ3v) is 6.49. The van der Waals surface area contributed by atoms with Gasteiger partial charge in [-0.1, -0.05) is 17.7 Å². The largest absolute Gasteiger partial charge is 0.353 e. The molecule has 0 N–H and O–H groups in total. The Bertz CT molecular complexity index is 846. The molecule has 176 valence electrons. The molecule has 0 amide bonds. The van der Waals surface area contributed by atoms with Crippen molar-refractivity contribution in [3.63, 3.8) is 0 Å². The average Bonchev–Trinajstić information content (AvgIpc) is 3.20. The Labute approximate surface area is 184 Å². The monoisotopic (exact) mass is 460 g/mol. The van der Waals surface area contributed by atoms with Crippen LogP contribution in [-0.2, 0) is 42.7 Å². The second kappa shape index (κ2) is 9.03. The molecule has 2 aliphatic rings. The van der Waals surface area contributed by atoms with Crippen LogP contribution in [-0.4, -0.2) is 71.5 Å². The highest BCUT2D eigenvalue weighted by molar-refractivity contribution is 7.86. The summed E-state index contributed by atoms with van der Waals surface area (Å²) in [4.78, 5) is 0.0334. The van der Waals surface area contributed by atoms with E-state index in [4.69, 9.17) is 32.6 Å². The molecular formula is C21H32O9S. The van der Waals surface area contributed by atoms with E-state index < -0.39 is 52.4 Å². The van der Waals surface area contributed by atoms with Gasteiger partial charge in [-0.3, -0.25) is 4.18 Å². The Morgan fingerprint density at radius 3 is 2.03 bits per heavy atom. The Hall–Kier alpha value is -1.11. The number of rotatable bonds is 8. The maximum absolute atomic E-state index is 13.1. The topological polar surface area (TPSA) is 98.8 Å². The second-order valence-electron chi connectivity index (χ2n) is 8.60. The minimum Gasteiger partial charge on any atom is -0.353 e. The van der Waals surface area contributed by atoms with Gasteiger partial charge in [0.2, 0.25) is 0 Å². The van der Waals surface area contributed by atoms with Gasteiger partial charge in [0, 0.05) is 14.2 Å². The molecule has 0 aromatic heterocycles. The van der Waals surface area contributed by atoms with E-state index in [-0.39, 0.29) is 11.5 Å². The molecule has 10 heteroatoms. The zero-order valence-electron chi connectivity index (χ0n) is 19.0. The fourth-order valence-electron chi connectivity index (χ4n) is 3.76. The van der Waals surface area contributed by atoms with Crippen molar-refractivity contribution in [2.45, 2.75) is 81.8 Å². The fourth-order valence-corrected chi connectivity index (χ4v) is 4.87. The van der Waals surface area contributed by atoms with E-state index in [2.05, 4.69) is 0 Å². The van der Waals surface area contributed by atoms with Crippen molar-refractivity contribution in [2.75, 3.05) is 20.8 Å². The first-order valence-electron chi connectivity index (χ1n) is 10.1. The van der Waals surface area contributed by atoms with Gasteiger partial charge in [-0.05, 0) is 46.8 Å². The number of hydrogen-bond donors (Lipinski definition) is 0. The van der Waals surface area contributed by atoms with Crippen LogP contribution in [0.15, 0.2) is 29.2 Å². The van der Waals surface area contributed by atoms with Crippen LogP contribution in [0.25, 0.3) is 0 Å². The number of ether oxygens (including phenoxy) is 6. The summed E-state index contributed by atoms with van der Waals surface area (Å²) in [6.45, 7) is 8.95. The zero-order valence-corrected chi connectivity index (χ0v) is 19.8. The van der Waals surface area contributed by atoms with Gasteiger partial charge in [-0.2, -0.15) is 8.42 Å². The SMILES string of the molecule is COC(OC)[C@@H]1OC(C)(C)O[C@@H]1[C@@H](OS(=O)(=O)c1ccc(C)cc1)[C@H]1COC(C)(C)O1. The summed E-state index contributed by atoms with van der Waals surface area (Å²) in [7, 11) is -1.20. The van der Waals surface area contributed by atoms with Gasteiger partial charge in [-0.25, -0.2) is 0 Å². The van der Waals surface area contributed by atoms with Gasteiger partial charge in [0.05, 0.1) is 11.5 Å². The van der Waals surface area contributed by atoms with Gasteiger partial charge in [0.25, 0.3) is 10.1 Å². The van der Waals surface area contributed by atoms with E-state index >= 15 is 0 Å². The predicted molar refractivity (Wildman–Crippen MR) is 110 cm³/mol. The van der Waals surface area contributed by atoms with Crippen LogP contribution < -0.4 is 0 Å². The lowest BCUT2D eigenvalue weighted by Gasteiger charge is -2.32. The van der Waals surface area contributed by atoms with E-state index in [9.17, 15) is 8.42 Å². The van der Waals surface area contributed by atoms with Crippen molar-refractivity contribution in [3.05, 3.63) is 29.8 Å². The summed E-state index contributed by atoms with van der Waals surface area (Å²) in [6, 6.07) is 6.41. The van der Waals surface area contributed by atoms with Crippen molar-refractivity contribution in [1.82, 2.24) is 0 Å². The quantitative estimate of drug-likeness (QED) is 0.428. The summed E-state index contributed by atoms with van der Waals surface area (Å²) in [5.41, 5.74) is 0.933. The lowest BCUT2D eigenvalue weighted by molar-refractivity contribution is -0.202. The molecule has 2 saturated heterocycles. The normalized spacial score (nSPS) is 28.8. The van der Waals surface area contributed by atoms with Crippen molar-refractivity contribution >= 4 is 10.1 Å². The van der Waals surface area contributed by atoms with Crippen LogP contribution >= 0.6 is 0 Å². The Kier molecular flexibility index (Phi) is 7.14. The Balaban J connectivity index is 1.97. The van der Waals surface area contributed by atoms with Crippen LogP contribution in [0.3, 0.4) is 0 Å². The molecule has 3 rings (SSSR count). The lowest BCUT2D eigenvalue weighted by atomic mass is 10.0. The molecular weight excluding hydrogens is 428 g/mol. The second-order valence-corrected chi connectivity index (χ2v) is 10.2. The lowest BCUT2D eigenvalue weighted by Crippen LogP contribution is -2.51. The Morgan fingerprint density at radius 2 is 1.52 bits per heavy atom. The smallest absolute Gasteiger partial charge is 0.297 e. The Morgan fingerprint density at radius 1 is 0.935 bits per heavy atom. The summed E-state index contributed by atoms with van der Waals surface area (Å²) in [6.07, 6.45) is -4.25. The number of benzene rings is 1. The molecule has 1 aromatic rings. The number of methoxy groups -OCH3 is 2. The molecule has 2 aliphatic heterocycles. The molecule has 31 heavy (non-hydrogen) atoms. The van der Waals surface area contributed by atoms with Crippen LogP contribution in [0.4, 0.5) is 0 Å². The maximum Gasteiger partial charge on any atom is 0.297 e. The average molecular weight is 461 g/mol. The van der Waals surface area contributed by atoms with Gasteiger partial charge in [-0.15, -0.1) is 0 Å². The minimum atomic E-state index is -4.14. The maximum atomic E-state index is 13.1. The van der Waals surface area contributed by atoms with Crippen LogP contribution in [0, 0.1) is 6.92 Å². The minimum absolute atomic E-state index is 0.0334.